The van der Waals surface area contributed by atoms with E-state index in [1.807, 2.05) is 0 Å². The van der Waals surface area contributed by atoms with Crippen molar-refractivity contribution in [1.29, 1.82) is 0 Å². The number of amides is 1. The van der Waals surface area contributed by atoms with Crippen LogP contribution in [-0.4, -0.2) is 35.8 Å². The second kappa shape index (κ2) is 5.64. The molecule has 0 radical (unpaired) electrons. The highest BCUT2D eigenvalue weighted by Gasteiger charge is 2.42. The van der Waals surface area contributed by atoms with Crippen molar-refractivity contribution in [2.75, 3.05) is 19.8 Å². The lowest BCUT2D eigenvalue weighted by molar-refractivity contribution is -0.123. The summed E-state index contributed by atoms with van der Waals surface area (Å²) in [5, 5.41) is 9.65. The Balaban J connectivity index is 2.24. The third-order valence-electron chi connectivity index (χ3n) is 3.41. The van der Waals surface area contributed by atoms with Crippen molar-refractivity contribution in [2.45, 2.75) is 25.0 Å². The topological polar surface area (TPSA) is 94.7 Å². The zero-order chi connectivity index (χ0) is 13.9. The molecule has 2 rings (SSSR count). The monoisotopic (exact) mass is 266 g/mol. The number of carbonyl (C=O) groups is 1. The zero-order valence-corrected chi connectivity index (χ0v) is 10.8. The van der Waals surface area contributed by atoms with Crippen molar-refractivity contribution >= 4 is 5.91 Å². The average molecular weight is 266 g/mol. The number of nitrogens with zero attached hydrogens (tertiary/aromatic N) is 1. The third-order valence-corrected chi connectivity index (χ3v) is 3.41. The fraction of sp³-hybridized carbons (Fsp3) is 0.538. The quantitative estimate of drug-likeness (QED) is 0.745. The molecule has 1 fully saturated rings. The molecule has 1 saturated heterocycles. The van der Waals surface area contributed by atoms with Crippen LogP contribution in [0.15, 0.2) is 18.3 Å². The summed E-state index contributed by atoms with van der Waals surface area (Å²) in [4.78, 5) is 15.8. The standard InChI is InChI=1S/C13H18N2O4/c1-2-19-11(16)10-4-3-9(7-15-10)13(12(14)17)5-6-18-8-13/h3-4,7,11,16H,2,5-6,8H2,1H3,(H2,14,17). The van der Waals surface area contributed by atoms with Crippen LogP contribution in [0.3, 0.4) is 0 Å². The predicted octanol–water partition coefficient (Wildman–Crippen LogP) is 0.252. The first-order valence-corrected chi connectivity index (χ1v) is 6.24. The van der Waals surface area contributed by atoms with Gasteiger partial charge in [-0.15, -0.1) is 0 Å². The van der Waals surface area contributed by atoms with Crippen LogP contribution in [0.25, 0.3) is 0 Å². The Morgan fingerprint density at radius 1 is 1.68 bits per heavy atom. The Kier molecular flexibility index (Phi) is 4.14. The summed E-state index contributed by atoms with van der Waals surface area (Å²) in [6, 6.07) is 3.38. The third kappa shape index (κ3) is 2.60. The van der Waals surface area contributed by atoms with E-state index >= 15 is 0 Å². The first-order chi connectivity index (χ1) is 9.10. The molecule has 1 aliphatic heterocycles. The minimum atomic E-state index is -1.05. The van der Waals surface area contributed by atoms with Crippen molar-refractivity contribution < 1.29 is 19.4 Å². The van der Waals surface area contributed by atoms with Gasteiger partial charge in [-0.3, -0.25) is 9.78 Å². The van der Waals surface area contributed by atoms with Crippen molar-refractivity contribution in [2.24, 2.45) is 5.73 Å². The Morgan fingerprint density at radius 2 is 2.47 bits per heavy atom. The maximum Gasteiger partial charge on any atom is 0.230 e. The number of aliphatic hydroxyl groups is 1. The Labute approximate surface area is 111 Å². The van der Waals surface area contributed by atoms with E-state index in [0.29, 0.717) is 30.9 Å². The van der Waals surface area contributed by atoms with Gasteiger partial charge in [-0.05, 0) is 25.0 Å². The number of nitrogens with two attached hydrogens (primary N) is 1. The Hall–Kier alpha value is -1.50. The first-order valence-electron chi connectivity index (χ1n) is 6.24. The van der Waals surface area contributed by atoms with Gasteiger partial charge in [-0.2, -0.15) is 0 Å². The van der Waals surface area contributed by atoms with Crippen molar-refractivity contribution in [3.8, 4) is 0 Å². The van der Waals surface area contributed by atoms with Crippen LogP contribution in [0.4, 0.5) is 0 Å². The van der Waals surface area contributed by atoms with Gasteiger partial charge in [-0.25, -0.2) is 0 Å². The summed E-state index contributed by atoms with van der Waals surface area (Å²) >= 11 is 0. The van der Waals surface area contributed by atoms with E-state index in [9.17, 15) is 9.90 Å². The normalized spacial score (nSPS) is 24.3. The van der Waals surface area contributed by atoms with Crippen molar-refractivity contribution in [1.82, 2.24) is 4.98 Å². The molecule has 0 aromatic carbocycles. The molecule has 3 N–H and O–H groups in total. The molecule has 1 aromatic rings. The predicted molar refractivity (Wildman–Crippen MR) is 67.1 cm³/mol. The number of rotatable bonds is 5. The van der Waals surface area contributed by atoms with E-state index in [1.54, 1.807) is 25.3 Å². The molecule has 2 unspecified atom stereocenters. The SMILES string of the molecule is CCOC(O)c1ccc(C2(C(N)=O)CCOC2)cn1. The van der Waals surface area contributed by atoms with Crippen molar-refractivity contribution in [3.05, 3.63) is 29.6 Å². The van der Waals surface area contributed by atoms with Crippen LogP contribution < -0.4 is 5.73 Å². The first kappa shape index (κ1) is 13.9. The smallest absolute Gasteiger partial charge is 0.230 e. The Morgan fingerprint density at radius 3 is 2.95 bits per heavy atom. The van der Waals surface area contributed by atoms with Gasteiger partial charge in [0.2, 0.25) is 5.91 Å². The fourth-order valence-corrected chi connectivity index (χ4v) is 2.21. The highest BCUT2D eigenvalue weighted by Crippen LogP contribution is 2.32. The summed E-state index contributed by atoms with van der Waals surface area (Å²) in [5.74, 6) is -0.412. The number of primary amides is 1. The molecule has 0 aliphatic carbocycles. The van der Waals surface area contributed by atoms with Gasteiger partial charge < -0.3 is 20.3 Å². The van der Waals surface area contributed by atoms with Gasteiger partial charge in [0, 0.05) is 19.4 Å². The molecule has 1 aliphatic rings. The minimum absolute atomic E-state index is 0.275. The summed E-state index contributed by atoms with van der Waals surface area (Å²) in [6.07, 6.45) is 1.05. The lowest BCUT2D eigenvalue weighted by atomic mass is 9.80. The molecule has 2 atom stereocenters. The number of hydrogen-bond acceptors (Lipinski definition) is 5. The highest BCUT2D eigenvalue weighted by atomic mass is 16.6. The fourth-order valence-electron chi connectivity index (χ4n) is 2.21. The molecule has 104 valence electrons. The van der Waals surface area contributed by atoms with Crippen LogP contribution in [0.2, 0.25) is 0 Å². The van der Waals surface area contributed by atoms with Crippen LogP contribution in [0, 0.1) is 0 Å². The second-order valence-electron chi connectivity index (χ2n) is 4.53. The molecule has 2 heterocycles. The number of ether oxygens (including phenoxy) is 2. The number of aliphatic hydroxyl groups excluding tert-OH is 1. The molecule has 1 amide bonds. The van der Waals surface area contributed by atoms with E-state index in [4.69, 9.17) is 15.2 Å². The van der Waals surface area contributed by atoms with E-state index in [1.165, 1.54) is 0 Å². The maximum atomic E-state index is 11.7. The summed E-state index contributed by atoms with van der Waals surface area (Å²) < 4.78 is 10.3. The average Bonchev–Trinajstić information content (AvgIpc) is 2.90. The van der Waals surface area contributed by atoms with E-state index in [-0.39, 0.29) is 6.61 Å². The van der Waals surface area contributed by atoms with Gasteiger partial charge in [0.15, 0.2) is 6.29 Å². The van der Waals surface area contributed by atoms with Crippen molar-refractivity contribution in [3.63, 3.8) is 0 Å². The molecular formula is C13H18N2O4. The van der Waals surface area contributed by atoms with Crippen LogP contribution >= 0.6 is 0 Å². The van der Waals surface area contributed by atoms with Gasteiger partial charge >= 0.3 is 0 Å². The molecular weight excluding hydrogens is 248 g/mol. The molecule has 1 aromatic heterocycles. The van der Waals surface area contributed by atoms with Gasteiger partial charge in [-0.1, -0.05) is 6.07 Å². The van der Waals surface area contributed by atoms with E-state index < -0.39 is 17.6 Å². The molecule has 6 heteroatoms. The van der Waals surface area contributed by atoms with Crippen LogP contribution in [-0.2, 0) is 19.7 Å². The number of aromatic nitrogens is 1. The number of carbonyl (C=O) groups excluding carboxylic acids is 1. The largest absolute Gasteiger partial charge is 0.380 e. The lowest BCUT2D eigenvalue weighted by Crippen LogP contribution is -2.41. The summed E-state index contributed by atoms with van der Waals surface area (Å²) in [5.41, 5.74) is 5.81. The number of hydrogen-bond donors (Lipinski definition) is 2. The maximum absolute atomic E-state index is 11.7. The lowest BCUT2D eigenvalue weighted by Gasteiger charge is -2.23. The molecule has 6 nitrogen and oxygen atoms in total. The minimum Gasteiger partial charge on any atom is -0.380 e. The number of pyridine rings is 1. The van der Waals surface area contributed by atoms with E-state index in [2.05, 4.69) is 4.98 Å². The molecule has 19 heavy (non-hydrogen) atoms. The Bertz CT molecular complexity index is 440. The molecule has 0 saturated carbocycles. The van der Waals surface area contributed by atoms with E-state index in [0.717, 1.165) is 0 Å². The second-order valence-corrected chi connectivity index (χ2v) is 4.53. The molecule has 0 bridgehead atoms. The summed E-state index contributed by atoms with van der Waals surface area (Å²) in [7, 11) is 0. The van der Waals surface area contributed by atoms with Gasteiger partial charge in [0.05, 0.1) is 12.3 Å². The molecule has 0 spiro atoms. The highest BCUT2D eigenvalue weighted by molar-refractivity contribution is 5.87. The van der Waals surface area contributed by atoms with Crippen LogP contribution in [0.5, 0.6) is 0 Å². The van der Waals surface area contributed by atoms with Crippen LogP contribution in [0.1, 0.15) is 30.9 Å². The van der Waals surface area contributed by atoms with Gasteiger partial charge in [0.1, 0.15) is 5.41 Å². The van der Waals surface area contributed by atoms with Gasteiger partial charge in [0.25, 0.3) is 0 Å². The summed E-state index contributed by atoms with van der Waals surface area (Å²) in [6.45, 7) is 2.96. The zero-order valence-electron chi connectivity index (χ0n) is 10.8.